The van der Waals surface area contributed by atoms with Crippen LogP contribution in [0, 0.1) is 12.7 Å². The van der Waals surface area contributed by atoms with Crippen LogP contribution in [-0.4, -0.2) is 69.0 Å². The van der Waals surface area contributed by atoms with E-state index in [2.05, 4.69) is 20.6 Å². The Hall–Kier alpha value is -3.60. The van der Waals surface area contributed by atoms with Crippen LogP contribution < -0.4 is 10.6 Å². The maximum absolute atomic E-state index is 13.6. The van der Waals surface area contributed by atoms with Gasteiger partial charge in [-0.2, -0.15) is 10.2 Å². The molecule has 3 heterocycles. The minimum Gasteiger partial charge on any atom is -0.383 e. The molecule has 0 saturated carbocycles. The maximum Gasteiger partial charge on any atom is 0.172 e. The summed E-state index contributed by atoms with van der Waals surface area (Å²) < 4.78 is 22.6. The van der Waals surface area contributed by atoms with Gasteiger partial charge in [-0.25, -0.2) is 9.07 Å². The van der Waals surface area contributed by atoms with Gasteiger partial charge in [-0.3, -0.25) is 9.58 Å². The van der Waals surface area contributed by atoms with E-state index in [1.165, 1.54) is 12.1 Å². The maximum atomic E-state index is 13.6. The summed E-state index contributed by atoms with van der Waals surface area (Å²) >= 11 is 5.84. The predicted octanol–water partition coefficient (Wildman–Crippen LogP) is 4.12. The summed E-state index contributed by atoms with van der Waals surface area (Å²) in [5.41, 5.74) is 4.74. The molecule has 0 bridgehead atoms. The number of halogens is 1. The van der Waals surface area contributed by atoms with Crippen LogP contribution in [-0.2, 0) is 11.8 Å². The third-order valence-corrected chi connectivity index (χ3v) is 7.17. The summed E-state index contributed by atoms with van der Waals surface area (Å²) in [4.78, 5) is 2.35. The van der Waals surface area contributed by atoms with E-state index in [4.69, 9.17) is 22.1 Å². The third kappa shape index (κ3) is 5.62. The number of nitrogens with one attached hydrogen (secondary N) is 2. The quantitative estimate of drug-likeness (QED) is 0.330. The standard InChI is InChI=1S/C28H32FN7OS/c1-19-26(21-15-30-34(2)16-21)33-36(23-7-5-4-6-8-23)27(19)32-28(38)31-25-18-35(13-14-37-3)17-24(25)20-9-11-22(29)12-10-20/h4-12,15-16,24-25H,13-14,17-18H2,1-3H3,(H2,31,32,38)/t24-,25+/m0/s1. The highest BCUT2D eigenvalue weighted by atomic mass is 32.1. The number of para-hydroxylation sites is 1. The van der Waals surface area contributed by atoms with Crippen LogP contribution >= 0.6 is 12.2 Å². The molecule has 2 aromatic heterocycles. The second-order valence-electron chi connectivity index (χ2n) is 9.59. The Bertz CT molecular complexity index is 1390. The smallest absolute Gasteiger partial charge is 0.172 e. The number of rotatable bonds is 8. The molecular formula is C28H32FN7OS. The minimum atomic E-state index is -0.237. The molecule has 0 radical (unpaired) electrons. The molecule has 0 amide bonds. The van der Waals surface area contributed by atoms with Gasteiger partial charge >= 0.3 is 0 Å². The molecule has 1 aliphatic rings. The highest BCUT2D eigenvalue weighted by Crippen LogP contribution is 2.31. The molecule has 0 spiro atoms. The first-order valence-corrected chi connectivity index (χ1v) is 13.0. The number of aryl methyl sites for hydroxylation is 1. The van der Waals surface area contributed by atoms with E-state index in [0.29, 0.717) is 11.7 Å². The van der Waals surface area contributed by atoms with Crippen molar-refractivity contribution in [2.45, 2.75) is 18.9 Å². The van der Waals surface area contributed by atoms with Gasteiger partial charge in [0.05, 0.1) is 18.5 Å². The van der Waals surface area contributed by atoms with Crippen LogP contribution in [0.1, 0.15) is 17.0 Å². The average molecular weight is 534 g/mol. The number of hydrogen-bond acceptors (Lipinski definition) is 5. The largest absolute Gasteiger partial charge is 0.383 e. The minimum absolute atomic E-state index is 0.0449. The molecule has 1 fully saturated rings. The Kier molecular flexibility index (Phi) is 7.82. The summed E-state index contributed by atoms with van der Waals surface area (Å²) in [6, 6.07) is 16.8. The summed E-state index contributed by atoms with van der Waals surface area (Å²) in [6.45, 7) is 5.13. The lowest BCUT2D eigenvalue weighted by molar-refractivity contribution is 0.159. The number of hydrogen-bond donors (Lipinski definition) is 2. The van der Waals surface area contributed by atoms with Crippen molar-refractivity contribution in [3.63, 3.8) is 0 Å². The normalized spacial score (nSPS) is 17.6. The van der Waals surface area contributed by atoms with Crippen LogP contribution in [0.4, 0.5) is 10.2 Å². The molecule has 2 atom stereocenters. The molecule has 10 heteroatoms. The summed E-state index contributed by atoms with van der Waals surface area (Å²) in [5.74, 6) is 0.706. The zero-order valence-electron chi connectivity index (χ0n) is 21.8. The van der Waals surface area contributed by atoms with Crippen LogP contribution in [0.2, 0.25) is 0 Å². The Labute approximate surface area is 227 Å². The van der Waals surface area contributed by atoms with E-state index in [1.807, 2.05) is 73.5 Å². The first-order valence-electron chi connectivity index (χ1n) is 12.6. The lowest BCUT2D eigenvalue weighted by atomic mass is 9.94. The lowest BCUT2D eigenvalue weighted by Crippen LogP contribution is -2.42. The molecule has 2 aromatic carbocycles. The number of methoxy groups -OCH3 is 1. The van der Waals surface area contributed by atoms with Crippen molar-refractivity contribution in [2.24, 2.45) is 7.05 Å². The molecule has 2 N–H and O–H groups in total. The van der Waals surface area contributed by atoms with Crippen molar-refractivity contribution in [2.75, 3.05) is 38.7 Å². The Morgan fingerprint density at radius 2 is 1.89 bits per heavy atom. The van der Waals surface area contributed by atoms with Crippen LogP contribution in [0.5, 0.6) is 0 Å². The summed E-state index contributed by atoms with van der Waals surface area (Å²) in [6.07, 6.45) is 3.76. The molecular weight excluding hydrogens is 501 g/mol. The molecule has 198 valence electrons. The van der Waals surface area contributed by atoms with Gasteiger partial charge in [-0.1, -0.05) is 30.3 Å². The second kappa shape index (κ2) is 11.4. The number of likely N-dealkylation sites (tertiary alicyclic amines) is 1. The van der Waals surface area contributed by atoms with Gasteiger partial charge in [0.15, 0.2) is 5.11 Å². The fourth-order valence-electron chi connectivity index (χ4n) is 5.01. The number of ether oxygens (including phenoxy) is 1. The molecule has 0 unspecified atom stereocenters. The molecule has 38 heavy (non-hydrogen) atoms. The van der Waals surface area contributed by atoms with Gasteiger partial charge in [-0.15, -0.1) is 0 Å². The van der Waals surface area contributed by atoms with Gasteiger partial charge in [0.25, 0.3) is 0 Å². The van der Waals surface area contributed by atoms with Crippen molar-refractivity contribution >= 4 is 23.1 Å². The van der Waals surface area contributed by atoms with Gasteiger partial charge in [-0.05, 0) is 49.0 Å². The predicted molar refractivity (Wildman–Crippen MR) is 151 cm³/mol. The van der Waals surface area contributed by atoms with E-state index in [-0.39, 0.29) is 17.8 Å². The number of anilines is 1. The van der Waals surface area contributed by atoms with E-state index in [1.54, 1.807) is 11.8 Å². The molecule has 1 saturated heterocycles. The van der Waals surface area contributed by atoms with Crippen molar-refractivity contribution in [3.8, 4) is 16.9 Å². The van der Waals surface area contributed by atoms with Crippen molar-refractivity contribution in [1.29, 1.82) is 0 Å². The van der Waals surface area contributed by atoms with Crippen LogP contribution in [0.25, 0.3) is 16.9 Å². The number of aromatic nitrogens is 4. The SMILES string of the molecule is COCCN1C[C@@H](NC(=S)Nc2c(C)c(-c3cnn(C)c3)nn2-c2ccccc2)[C@H](c2ccc(F)cc2)C1. The van der Waals surface area contributed by atoms with Crippen molar-refractivity contribution in [3.05, 3.63) is 83.9 Å². The Morgan fingerprint density at radius 3 is 2.58 bits per heavy atom. The van der Waals surface area contributed by atoms with Gasteiger partial charge in [0, 0.05) is 63.1 Å². The van der Waals surface area contributed by atoms with Gasteiger partial charge < -0.3 is 15.4 Å². The van der Waals surface area contributed by atoms with E-state index < -0.39 is 0 Å². The highest BCUT2D eigenvalue weighted by molar-refractivity contribution is 7.80. The second-order valence-corrected chi connectivity index (χ2v) is 10.00. The van der Waals surface area contributed by atoms with E-state index >= 15 is 0 Å². The Balaban J connectivity index is 1.41. The lowest BCUT2D eigenvalue weighted by Gasteiger charge is -2.23. The first-order chi connectivity index (χ1) is 18.4. The van der Waals surface area contributed by atoms with Crippen LogP contribution in [0.15, 0.2) is 67.0 Å². The summed E-state index contributed by atoms with van der Waals surface area (Å²) in [5, 5.41) is 16.7. The fraction of sp³-hybridized carbons (Fsp3) is 0.321. The van der Waals surface area contributed by atoms with Gasteiger partial charge in [0.2, 0.25) is 0 Å². The molecule has 4 aromatic rings. The number of nitrogens with zero attached hydrogens (tertiary/aromatic N) is 5. The van der Waals surface area contributed by atoms with E-state index in [0.717, 1.165) is 53.5 Å². The Morgan fingerprint density at radius 1 is 1.13 bits per heavy atom. The van der Waals surface area contributed by atoms with Crippen LogP contribution in [0.3, 0.4) is 0 Å². The summed E-state index contributed by atoms with van der Waals surface area (Å²) in [7, 11) is 3.60. The number of thiocarbonyl (C=S) groups is 1. The van der Waals surface area contributed by atoms with Gasteiger partial charge in [0.1, 0.15) is 17.3 Å². The fourth-order valence-corrected chi connectivity index (χ4v) is 5.26. The topological polar surface area (TPSA) is 72.2 Å². The van der Waals surface area contributed by atoms with E-state index in [9.17, 15) is 4.39 Å². The van der Waals surface area contributed by atoms with Crippen molar-refractivity contribution < 1.29 is 9.13 Å². The average Bonchev–Trinajstić information content (AvgIpc) is 3.61. The zero-order valence-corrected chi connectivity index (χ0v) is 22.6. The molecule has 0 aliphatic carbocycles. The zero-order chi connectivity index (χ0) is 26.6. The molecule has 5 rings (SSSR count). The number of benzene rings is 2. The highest BCUT2D eigenvalue weighted by Gasteiger charge is 2.34. The monoisotopic (exact) mass is 533 g/mol. The molecule has 8 nitrogen and oxygen atoms in total. The first kappa shape index (κ1) is 26.0. The van der Waals surface area contributed by atoms with Crippen molar-refractivity contribution in [1.82, 2.24) is 29.8 Å². The molecule has 1 aliphatic heterocycles. The third-order valence-electron chi connectivity index (χ3n) is 6.96.